The quantitative estimate of drug-likeness (QED) is 0.717. The second-order valence-electron chi connectivity index (χ2n) is 6.84. The highest BCUT2D eigenvalue weighted by molar-refractivity contribution is 5.94. The van der Waals surface area contributed by atoms with Crippen LogP contribution >= 0.6 is 0 Å². The SMILES string of the molecule is O=C(CCCNC(=O)c1ccccc1)NC1CCN(C(=O)c2ccco2)CC1. The van der Waals surface area contributed by atoms with Gasteiger partial charge in [0.1, 0.15) is 0 Å². The van der Waals surface area contributed by atoms with Crippen LogP contribution in [-0.4, -0.2) is 48.3 Å². The van der Waals surface area contributed by atoms with E-state index in [9.17, 15) is 14.4 Å². The molecule has 2 aromatic rings. The number of likely N-dealkylation sites (tertiary alicyclic amines) is 1. The Morgan fingerprint density at radius 1 is 1.04 bits per heavy atom. The lowest BCUT2D eigenvalue weighted by atomic mass is 10.0. The molecule has 1 aromatic heterocycles. The van der Waals surface area contributed by atoms with Gasteiger partial charge >= 0.3 is 0 Å². The summed E-state index contributed by atoms with van der Waals surface area (Å²) < 4.78 is 5.15. The Balaban J connectivity index is 1.30. The number of hydrogen-bond acceptors (Lipinski definition) is 4. The van der Waals surface area contributed by atoms with E-state index in [1.807, 2.05) is 18.2 Å². The lowest BCUT2D eigenvalue weighted by Crippen LogP contribution is -2.46. The summed E-state index contributed by atoms with van der Waals surface area (Å²) in [6.07, 6.45) is 3.88. The molecule has 0 radical (unpaired) electrons. The summed E-state index contributed by atoms with van der Waals surface area (Å²) in [5.41, 5.74) is 0.614. The van der Waals surface area contributed by atoms with Gasteiger partial charge in [0.05, 0.1) is 6.26 Å². The molecule has 0 aliphatic carbocycles. The number of amides is 3. The number of nitrogens with one attached hydrogen (secondary N) is 2. The van der Waals surface area contributed by atoms with Crippen LogP contribution < -0.4 is 10.6 Å². The Morgan fingerprint density at radius 3 is 2.46 bits per heavy atom. The topological polar surface area (TPSA) is 91.7 Å². The summed E-state index contributed by atoms with van der Waals surface area (Å²) in [7, 11) is 0. The van der Waals surface area contributed by atoms with E-state index in [1.165, 1.54) is 6.26 Å². The molecule has 1 aliphatic heterocycles. The normalized spacial score (nSPS) is 14.5. The highest BCUT2D eigenvalue weighted by Crippen LogP contribution is 2.14. The summed E-state index contributed by atoms with van der Waals surface area (Å²) in [5, 5.41) is 5.84. The fourth-order valence-corrected chi connectivity index (χ4v) is 3.23. The largest absolute Gasteiger partial charge is 0.459 e. The molecular formula is C21H25N3O4. The van der Waals surface area contributed by atoms with Gasteiger partial charge in [0, 0.05) is 37.7 Å². The van der Waals surface area contributed by atoms with Crippen molar-refractivity contribution in [1.82, 2.24) is 15.5 Å². The van der Waals surface area contributed by atoms with Gasteiger partial charge in [-0.05, 0) is 43.5 Å². The first kappa shape index (κ1) is 19.7. The van der Waals surface area contributed by atoms with Crippen LogP contribution in [0, 0.1) is 0 Å². The van der Waals surface area contributed by atoms with E-state index < -0.39 is 0 Å². The van der Waals surface area contributed by atoms with E-state index in [4.69, 9.17) is 4.42 Å². The zero-order chi connectivity index (χ0) is 19.8. The van der Waals surface area contributed by atoms with Crippen LogP contribution in [0.4, 0.5) is 0 Å². The maximum Gasteiger partial charge on any atom is 0.289 e. The molecule has 1 saturated heterocycles. The summed E-state index contributed by atoms with van der Waals surface area (Å²) >= 11 is 0. The second-order valence-corrected chi connectivity index (χ2v) is 6.84. The molecule has 0 bridgehead atoms. The molecule has 28 heavy (non-hydrogen) atoms. The smallest absolute Gasteiger partial charge is 0.289 e. The zero-order valence-electron chi connectivity index (χ0n) is 15.7. The summed E-state index contributed by atoms with van der Waals surface area (Å²) in [6, 6.07) is 12.4. The molecule has 3 amide bonds. The van der Waals surface area contributed by atoms with E-state index in [0.29, 0.717) is 43.8 Å². The first-order valence-corrected chi connectivity index (χ1v) is 9.59. The monoisotopic (exact) mass is 383 g/mol. The molecule has 148 valence electrons. The van der Waals surface area contributed by atoms with Crippen LogP contribution in [0.3, 0.4) is 0 Å². The van der Waals surface area contributed by atoms with Gasteiger partial charge < -0.3 is 20.0 Å². The van der Waals surface area contributed by atoms with Crippen molar-refractivity contribution < 1.29 is 18.8 Å². The Kier molecular flexibility index (Phi) is 6.84. The average molecular weight is 383 g/mol. The zero-order valence-corrected chi connectivity index (χ0v) is 15.7. The van der Waals surface area contributed by atoms with Crippen molar-refractivity contribution >= 4 is 17.7 Å². The first-order valence-electron chi connectivity index (χ1n) is 9.59. The third-order valence-electron chi connectivity index (χ3n) is 4.78. The Labute approximate surface area is 164 Å². The number of nitrogens with zero attached hydrogens (tertiary/aromatic N) is 1. The molecule has 0 saturated carbocycles. The molecule has 1 fully saturated rings. The van der Waals surface area contributed by atoms with Crippen LogP contribution in [0.1, 0.15) is 46.6 Å². The maximum atomic E-state index is 12.2. The molecule has 7 nitrogen and oxygen atoms in total. The predicted molar refractivity (Wildman–Crippen MR) is 104 cm³/mol. The number of rotatable bonds is 7. The van der Waals surface area contributed by atoms with E-state index in [2.05, 4.69) is 10.6 Å². The highest BCUT2D eigenvalue weighted by Gasteiger charge is 2.25. The van der Waals surface area contributed by atoms with E-state index in [1.54, 1.807) is 29.2 Å². The number of hydrogen-bond donors (Lipinski definition) is 2. The number of furan rings is 1. The lowest BCUT2D eigenvalue weighted by Gasteiger charge is -2.31. The molecule has 2 heterocycles. The van der Waals surface area contributed by atoms with E-state index in [-0.39, 0.29) is 23.8 Å². The molecule has 0 unspecified atom stereocenters. The summed E-state index contributed by atoms with van der Waals surface area (Å²) in [4.78, 5) is 38.0. The molecule has 1 aromatic carbocycles. The standard InChI is InChI=1S/C21H25N3O4/c25-19(9-4-12-22-20(26)16-6-2-1-3-7-16)23-17-10-13-24(14-11-17)21(27)18-8-5-15-28-18/h1-3,5-8,15,17H,4,9-14H2,(H,22,26)(H,23,25). The molecular weight excluding hydrogens is 358 g/mol. The van der Waals surface area contributed by atoms with Crippen molar-refractivity contribution in [1.29, 1.82) is 0 Å². The van der Waals surface area contributed by atoms with Crippen LogP contribution in [0.5, 0.6) is 0 Å². The molecule has 0 atom stereocenters. The Hall–Kier alpha value is -3.09. The van der Waals surface area contributed by atoms with Crippen LogP contribution in [0.15, 0.2) is 53.1 Å². The van der Waals surface area contributed by atoms with Gasteiger partial charge in [-0.2, -0.15) is 0 Å². The van der Waals surface area contributed by atoms with Gasteiger partial charge in [-0.25, -0.2) is 0 Å². The lowest BCUT2D eigenvalue weighted by molar-refractivity contribution is -0.122. The van der Waals surface area contributed by atoms with Gasteiger partial charge in [0.15, 0.2) is 5.76 Å². The number of piperidine rings is 1. The minimum Gasteiger partial charge on any atom is -0.459 e. The minimum absolute atomic E-state index is 0.0234. The fourth-order valence-electron chi connectivity index (χ4n) is 3.23. The van der Waals surface area contributed by atoms with Gasteiger partial charge in [-0.15, -0.1) is 0 Å². The van der Waals surface area contributed by atoms with Crippen molar-refractivity contribution in [3.8, 4) is 0 Å². The van der Waals surface area contributed by atoms with Crippen molar-refractivity contribution in [3.05, 3.63) is 60.1 Å². The van der Waals surface area contributed by atoms with Gasteiger partial charge in [0.25, 0.3) is 11.8 Å². The second kappa shape index (κ2) is 9.73. The Bertz CT molecular complexity index is 781. The van der Waals surface area contributed by atoms with Crippen molar-refractivity contribution in [2.75, 3.05) is 19.6 Å². The highest BCUT2D eigenvalue weighted by atomic mass is 16.3. The number of carbonyl (C=O) groups excluding carboxylic acids is 3. The third kappa shape index (κ3) is 5.45. The molecule has 7 heteroatoms. The van der Waals surface area contributed by atoms with Crippen molar-refractivity contribution in [2.24, 2.45) is 0 Å². The van der Waals surface area contributed by atoms with Crippen LogP contribution in [0.2, 0.25) is 0 Å². The predicted octanol–water partition coefficient (Wildman–Crippen LogP) is 2.21. The fraction of sp³-hybridized carbons (Fsp3) is 0.381. The minimum atomic E-state index is -0.130. The van der Waals surface area contributed by atoms with Crippen LogP contribution in [0.25, 0.3) is 0 Å². The van der Waals surface area contributed by atoms with Gasteiger partial charge in [-0.3, -0.25) is 14.4 Å². The average Bonchev–Trinajstić information content (AvgIpc) is 3.26. The maximum absolute atomic E-state index is 12.2. The molecule has 2 N–H and O–H groups in total. The van der Waals surface area contributed by atoms with Gasteiger partial charge in [-0.1, -0.05) is 18.2 Å². The molecule has 1 aliphatic rings. The molecule has 3 rings (SSSR count). The summed E-state index contributed by atoms with van der Waals surface area (Å²) in [5.74, 6) is 0.0864. The number of benzene rings is 1. The number of carbonyl (C=O) groups is 3. The van der Waals surface area contributed by atoms with Crippen molar-refractivity contribution in [2.45, 2.75) is 31.7 Å². The van der Waals surface area contributed by atoms with Gasteiger partial charge in [0.2, 0.25) is 5.91 Å². The van der Waals surface area contributed by atoms with Crippen LogP contribution in [-0.2, 0) is 4.79 Å². The summed E-state index contributed by atoms with van der Waals surface area (Å²) in [6.45, 7) is 1.65. The van der Waals surface area contributed by atoms with Crippen molar-refractivity contribution in [3.63, 3.8) is 0 Å². The van der Waals surface area contributed by atoms with E-state index >= 15 is 0 Å². The first-order chi connectivity index (χ1) is 13.6. The molecule has 0 spiro atoms. The Morgan fingerprint density at radius 2 is 1.79 bits per heavy atom. The third-order valence-corrected chi connectivity index (χ3v) is 4.78. The van der Waals surface area contributed by atoms with E-state index in [0.717, 1.165) is 12.8 Å².